The van der Waals surface area contributed by atoms with Crippen LogP contribution in [0.15, 0.2) is 24.3 Å². The van der Waals surface area contributed by atoms with E-state index in [2.05, 4.69) is 31.3 Å². The Kier molecular flexibility index (Phi) is 34.7. The fraction of sp³-hybridized carbons (Fsp3) is 0.891. The van der Waals surface area contributed by atoms with Crippen molar-refractivity contribution in [3.63, 3.8) is 0 Å². The van der Waals surface area contributed by atoms with E-state index in [4.69, 9.17) is 9.47 Å². The van der Waals surface area contributed by atoms with E-state index in [0.29, 0.717) is 6.42 Å². The van der Waals surface area contributed by atoms with E-state index < -0.39 is 49.5 Å². The molecule has 1 heterocycles. The molecule has 9 heteroatoms. The zero-order chi connectivity index (χ0) is 40.2. The van der Waals surface area contributed by atoms with Crippen molar-refractivity contribution in [3.8, 4) is 0 Å². The Balaban J connectivity index is 2.38. The third kappa shape index (κ3) is 27.9. The van der Waals surface area contributed by atoms with Gasteiger partial charge in [-0.25, -0.2) is 0 Å². The van der Waals surface area contributed by atoms with Crippen LogP contribution in [0, 0.1) is 0 Å². The smallest absolute Gasteiger partial charge is 0.220 e. The highest BCUT2D eigenvalue weighted by atomic mass is 16.7. The molecule has 1 aliphatic rings. The molecular formula is C46H87NO8. The second-order valence-corrected chi connectivity index (χ2v) is 16.2. The summed E-state index contributed by atoms with van der Waals surface area (Å²) in [5.41, 5.74) is 0. The molecule has 0 aromatic carbocycles. The third-order valence-electron chi connectivity index (χ3n) is 11.0. The van der Waals surface area contributed by atoms with Gasteiger partial charge in [-0.2, -0.15) is 0 Å². The van der Waals surface area contributed by atoms with Crippen molar-refractivity contribution in [3.05, 3.63) is 24.3 Å². The second-order valence-electron chi connectivity index (χ2n) is 16.2. The van der Waals surface area contributed by atoms with Crippen molar-refractivity contribution >= 4 is 5.91 Å². The summed E-state index contributed by atoms with van der Waals surface area (Å²) in [5, 5.41) is 54.1. The molecule has 324 valence electrons. The minimum absolute atomic E-state index is 0.185. The summed E-state index contributed by atoms with van der Waals surface area (Å²) in [7, 11) is 0. The molecule has 1 fully saturated rings. The van der Waals surface area contributed by atoms with Gasteiger partial charge in [0, 0.05) is 6.42 Å². The van der Waals surface area contributed by atoms with Crippen molar-refractivity contribution in [1.29, 1.82) is 0 Å². The largest absolute Gasteiger partial charge is 0.394 e. The Labute approximate surface area is 337 Å². The van der Waals surface area contributed by atoms with Gasteiger partial charge in [0.1, 0.15) is 24.4 Å². The van der Waals surface area contributed by atoms with Crippen LogP contribution in [0.4, 0.5) is 0 Å². The lowest BCUT2D eigenvalue weighted by molar-refractivity contribution is -0.302. The normalized spacial score (nSPS) is 21.5. The maximum Gasteiger partial charge on any atom is 0.220 e. The van der Waals surface area contributed by atoms with Gasteiger partial charge in [-0.1, -0.05) is 192 Å². The van der Waals surface area contributed by atoms with Gasteiger partial charge in [-0.3, -0.25) is 4.79 Å². The second kappa shape index (κ2) is 37.0. The summed E-state index contributed by atoms with van der Waals surface area (Å²) in [5.74, 6) is -0.185. The first-order valence-corrected chi connectivity index (χ1v) is 23.1. The number of rotatable bonds is 38. The maximum absolute atomic E-state index is 12.9. The number of aliphatic hydroxyl groups is 5. The molecule has 0 aromatic heterocycles. The molecule has 0 saturated carbocycles. The lowest BCUT2D eigenvalue weighted by Gasteiger charge is -2.40. The van der Waals surface area contributed by atoms with Crippen LogP contribution in [0.5, 0.6) is 0 Å². The van der Waals surface area contributed by atoms with E-state index in [1.807, 2.05) is 6.08 Å². The van der Waals surface area contributed by atoms with Crippen molar-refractivity contribution in [1.82, 2.24) is 5.32 Å². The Hall–Kier alpha value is -1.33. The number of carbonyl (C=O) groups excluding carboxylic acids is 1. The zero-order valence-electron chi connectivity index (χ0n) is 35.4. The minimum atomic E-state index is -1.57. The van der Waals surface area contributed by atoms with Crippen LogP contribution >= 0.6 is 0 Å². The Bertz CT molecular complexity index is 914. The van der Waals surface area contributed by atoms with Gasteiger partial charge >= 0.3 is 0 Å². The topological polar surface area (TPSA) is 149 Å². The quantitative estimate of drug-likeness (QED) is 0.0268. The Morgan fingerprint density at radius 3 is 1.53 bits per heavy atom. The van der Waals surface area contributed by atoms with Crippen LogP contribution in [0.1, 0.15) is 206 Å². The number of ether oxygens (including phenoxy) is 2. The fourth-order valence-corrected chi connectivity index (χ4v) is 7.29. The monoisotopic (exact) mass is 782 g/mol. The molecule has 2 unspecified atom stereocenters. The molecule has 0 spiro atoms. The van der Waals surface area contributed by atoms with Gasteiger partial charge in [-0.05, 0) is 32.1 Å². The van der Waals surface area contributed by atoms with Crippen molar-refractivity contribution in [2.45, 2.75) is 249 Å². The highest BCUT2D eigenvalue weighted by Crippen LogP contribution is 2.22. The van der Waals surface area contributed by atoms with E-state index in [1.54, 1.807) is 6.08 Å². The molecule has 0 aromatic rings. The summed E-state index contributed by atoms with van der Waals surface area (Å²) >= 11 is 0. The average molecular weight is 782 g/mol. The van der Waals surface area contributed by atoms with Crippen LogP contribution in [-0.4, -0.2) is 87.5 Å². The molecular weight excluding hydrogens is 695 g/mol. The van der Waals surface area contributed by atoms with E-state index in [1.165, 1.54) is 148 Å². The highest BCUT2D eigenvalue weighted by molar-refractivity contribution is 5.76. The van der Waals surface area contributed by atoms with Gasteiger partial charge in [-0.15, -0.1) is 0 Å². The molecule has 55 heavy (non-hydrogen) atoms. The summed E-state index contributed by atoms with van der Waals surface area (Å²) < 4.78 is 11.2. The van der Waals surface area contributed by atoms with Crippen LogP contribution in [0.2, 0.25) is 0 Å². The maximum atomic E-state index is 12.9. The van der Waals surface area contributed by atoms with Gasteiger partial charge in [0.2, 0.25) is 5.91 Å². The summed E-state index contributed by atoms with van der Waals surface area (Å²) in [6.45, 7) is 3.76. The molecule has 1 amide bonds. The standard InChI is InChI=1S/C46H87NO8/c1-3-5-7-9-11-13-15-17-19-20-22-23-25-27-29-31-33-35-40(49)39(38-54-46-45(53)44(52)43(51)41(37-48)55-46)47-42(50)36-34-32-30-28-26-24-21-18-16-14-12-10-8-6-4-2/h25,27,33,35,39-41,43-46,48-49,51-53H,3-24,26,28-32,34,36-38H2,1-2H3,(H,47,50)/b27-25+,35-33+/t39-,40+,41+,43+,44?,45?,46+/m0/s1. The number of hydrogen-bond acceptors (Lipinski definition) is 8. The first-order chi connectivity index (χ1) is 26.8. The SMILES string of the molecule is CCCCCCCCCCCCC/C=C/CC/C=C/[C@@H](O)[C@H](CO[C@@H]1O[C@H](CO)[C@@H](O)C(O)C1O)NC(=O)CCCCCCCCCCCCCCCCC. The first kappa shape index (κ1) is 51.7. The number of hydrogen-bond donors (Lipinski definition) is 6. The summed E-state index contributed by atoms with van der Waals surface area (Å²) in [4.78, 5) is 12.9. The lowest BCUT2D eigenvalue weighted by Crippen LogP contribution is -2.60. The van der Waals surface area contributed by atoms with E-state index in [9.17, 15) is 30.3 Å². The molecule has 0 aliphatic carbocycles. The van der Waals surface area contributed by atoms with Crippen LogP contribution in [-0.2, 0) is 14.3 Å². The molecule has 9 nitrogen and oxygen atoms in total. The fourth-order valence-electron chi connectivity index (χ4n) is 7.29. The summed E-state index contributed by atoms with van der Waals surface area (Å²) in [6.07, 6.45) is 36.5. The van der Waals surface area contributed by atoms with E-state index >= 15 is 0 Å². The minimum Gasteiger partial charge on any atom is -0.394 e. The van der Waals surface area contributed by atoms with E-state index in [0.717, 1.165) is 38.5 Å². The average Bonchev–Trinajstić information content (AvgIpc) is 3.18. The molecule has 6 N–H and O–H groups in total. The van der Waals surface area contributed by atoms with Gasteiger partial charge in [0.25, 0.3) is 0 Å². The Morgan fingerprint density at radius 2 is 1.04 bits per heavy atom. The number of unbranched alkanes of at least 4 members (excludes halogenated alkanes) is 26. The van der Waals surface area contributed by atoms with Crippen molar-refractivity contribution in [2.75, 3.05) is 13.2 Å². The number of amides is 1. The predicted octanol–water partition coefficient (Wildman–Crippen LogP) is 9.50. The molecule has 0 radical (unpaired) electrons. The lowest BCUT2D eigenvalue weighted by atomic mass is 9.99. The number of aliphatic hydroxyl groups excluding tert-OH is 5. The van der Waals surface area contributed by atoms with Gasteiger partial charge < -0.3 is 40.3 Å². The molecule has 1 rings (SSSR count). The van der Waals surface area contributed by atoms with Crippen molar-refractivity contribution < 1.29 is 39.8 Å². The van der Waals surface area contributed by atoms with Crippen LogP contribution < -0.4 is 5.32 Å². The summed E-state index contributed by atoms with van der Waals surface area (Å²) in [6, 6.07) is -0.816. The molecule has 1 saturated heterocycles. The molecule has 0 bridgehead atoms. The molecule has 1 aliphatic heterocycles. The van der Waals surface area contributed by atoms with Gasteiger partial charge in [0.15, 0.2) is 6.29 Å². The van der Waals surface area contributed by atoms with Gasteiger partial charge in [0.05, 0.1) is 25.4 Å². The van der Waals surface area contributed by atoms with Crippen molar-refractivity contribution in [2.24, 2.45) is 0 Å². The van der Waals surface area contributed by atoms with E-state index in [-0.39, 0.29) is 12.5 Å². The molecule has 7 atom stereocenters. The Morgan fingerprint density at radius 1 is 0.600 bits per heavy atom. The number of allylic oxidation sites excluding steroid dienone is 3. The third-order valence-corrected chi connectivity index (χ3v) is 11.0. The number of carbonyl (C=O) groups is 1. The predicted molar refractivity (Wildman–Crippen MR) is 226 cm³/mol. The highest BCUT2D eigenvalue weighted by Gasteiger charge is 2.44. The number of nitrogens with one attached hydrogen (secondary N) is 1. The first-order valence-electron chi connectivity index (χ1n) is 23.1. The van der Waals surface area contributed by atoms with Crippen LogP contribution in [0.3, 0.4) is 0 Å². The zero-order valence-corrected chi connectivity index (χ0v) is 35.4. The van der Waals surface area contributed by atoms with Crippen LogP contribution in [0.25, 0.3) is 0 Å².